The molecule has 4 nitrogen and oxygen atoms in total. The van der Waals surface area contributed by atoms with Gasteiger partial charge in [0.2, 0.25) is 5.91 Å². The van der Waals surface area contributed by atoms with E-state index in [-0.39, 0.29) is 5.91 Å². The predicted molar refractivity (Wildman–Crippen MR) is 85.4 cm³/mol. The van der Waals surface area contributed by atoms with E-state index in [0.717, 1.165) is 32.5 Å². The predicted octanol–water partition coefficient (Wildman–Crippen LogP) is 1.82. The van der Waals surface area contributed by atoms with Gasteiger partial charge >= 0.3 is 0 Å². The second-order valence-corrected chi connectivity index (χ2v) is 6.37. The van der Waals surface area contributed by atoms with E-state index in [9.17, 15) is 4.79 Å². The number of anilines is 1. The van der Waals surface area contributed by atoms with Crippen LogP contribution in [0.5, 0.6) is 0 Å². The summed E-state index contributed by atoms with van der Waals surface area (Å²) in [6.45, 7) is 5.14. The number of nitrogens with zero attached hydrogens (tertiary/aromatic N) is 1. The molecule has 2 aliphatic heterocycles. The SMILES string of the molecule is CNCc1cc(C)ccc1N1CCC2NC(=O)CCC2C1. The molecule has 21 heavy (non-hydrogen) atoms. The third-order valence-electron chi connectivity index (χ3n) is 4.77. The Bertz CT molecular complexity index is 529. The molecule has 114 valence electrons. The van der Waals surface area contributed by atoms with Gasteiger partial charge in [-0.15, -0.1) is 0 Å². The quantitative estimate of drug-likeness (QED) is 0.891. The zero-order chi connectivity index (χ0) is 14.8. The summed E-state index contributed by atoms with van der Waals surface area (Å²) >= 11 is 0. The van der Waals surface area contributed by atoms with E-state index in [0.29, 0.717) is 18.4 Å². The van der Waals surface area contributed by atoms with Crippen LogP contribution >= 0.6 is 0 Å². The van der Waals surface area contributed by atoms with Gasteiger partial charge in [-0.3, -0.25) is 4.79 Å². The highest BCUT2D eigenvalue weighted by molar-refractivity contribution is 5.77. The Balaban J connectivity index is 1.77. The highest BCUT2D eigenvalue weighted by atomic mass is 16.1. The fourth-order valence-corrected chi connectivity index (χ4v) is 3.68. The molecule has 2 aliphatic rings. The summed E-state index contributed by atoms with van der Waals surface area (Å²) in [5.74, 6) is 0.830. The van der Waals surface area contributed by atoms with Crippen molar-refractivity contribution in [1.29, 1.82) is 0 Å². The molecule has 0 aliphatic carbocycles. The van der Waals surface area contributed by atoms with Gasteiger partial charge in [0.1, 0.15) is 0 Å². The van der Waals surface area contributed by atoms with E-state index in [1.54, 1.807) is 0 Å². The van der Waals surface area contributed by atoms with Crippen molar-refractivity contribution >= 4 is 11.6 Å². The van der Waals surface area contributed by atoms with E-state index < -0.39 is 0 Å². The zero-order valence-corrected chi connectivity index (χ0v) is 13.0. The van der Waals surface area contributed by atoms with Gasteiger partial charge in [-0.1, -0.05) is 17.7 Å². The maximum absolute atomic E-state index is 11.5. The topological polar surface area (TPSA) is 44.4 Å². The number of aryl methyl sites for hydroxylation is 1. The first-order valence-corrected chi connectivity index (χ1v) is 7.96. The van der Waals surface area contributed by atoms with Gasteiger partial charge in [0.25, 0.3) is 0 Å². The van der Waals surface area contributed by atoms with Gasteiger partial charge in [-0.2, -0.15) is 0 Å². The molecule has 0 saturated carbocycles. The lowest BCUT2D eigenvalue weighted by Crippen LogP contribution is -2.54. The summed E-state index contributed by atoms with van der Waals surface area (Å²) in [6, 6.07) is 7.12. The minimum atomic E-state index is 0.232. The summed E-state index contributed by atoms with van der Waals surface area (Å²) in [7, 11) is 2.00. The first kappa shape index (κ1) is 14.4. The van der Waals surface area contributed by atoms with Gasteiger partial charge in [0, 0.05) is 37.8 Å². The molecule has 4 heteroatoms. The molecule has 0 spiro atoms. The Hall–Kier alpha value is -1.55. The summed E-state index contributed by atoms with van der Waals surface area (Å²) in [5.41, 5.74) is 4.03. The summed E-state index contributed by atoms with van der Waals surface area (Å²) < 4.78 is 0. The molecule has 2 heterocycles. The molecule has 1 amide bonds. The van der Waals surface area contributed by atoms with Crippen LogP contribution < -0.4 is 15.5 Å². The maximum atomic E-state index is 11.5. The molecule has 0 bridgehead atoms. The van der Waals surface area contributed by atoms with Crippen LogP contribution in [0.15, 0.2) is 18.2 Å². The molecule has 1 aromatic carbocycles. The third-order valence-corrected chi connectivity index (χ3v) is 4.77. The molecule has 0 radical (unpaired) electrons. The molecule has 1 aromatic rings. The highest BCUT2D eigenvalue weighted by Gasteiger charge is 2.34. The van der Waals surface area contributed by atoms with Crippen molar-refractivity contribution < 1.29 is 4.79 Å². The monoisotopic (exact) mass is 287 g/mol. The smallest absolute Gasteiger partial charge is 0.220 e. The van der Waals surface area contributed by atoms with Crippen molar-refractivity contribution in [3.63, 3.8) is 0 Å². The Kier molecular flexibility index (Phi) is 4.15. The van der Waals surface area contributed by atoms with Gasteiger partial charge < -0.3 is 15.5 Å². The fraction of sp³-hybridized carbons (Fsp3) is 0.588. The number of nitrogens with one attached hydrogen (secondary N) is 2. The minimum absolute atomic E-state index is 0.232. The minimum Gasteiger partial charge on any atom is -0.371 e. The average molecular weight is 287 g/mol. The van der Waals surface area contributed by atoms with Crippen molar-refractivity contribution in [1.82, 2.24) is 10.6 Å². The molecular formula is C17H25N3O. The zero-order valence-electron chi connectivity index (χ0n) is 13.0. The van der Waals surface area contributed by atoms with Crippen molar-refractivity contribution in [2.45, 2.75) is 38.8 Å². The fourth-order valence-electron chi connectivity index (χ4n) is 3.68. The van der Waals surface area contributed by atoms with Crippen LogP contribution in [0.4, 0.5) is 5.69 Å². The number of hydrogen-bond donors (Lipinski definition) is 2. The lowest BCUT2D eigenvalue weighted by atomic mass is 9.84. The lowest BCUT2D eigenvalue weighted by molar-refractivity contribution is -0.124. The van der Waals surface area contributed by atoms with Crippen molar-refractivity contribution in [2.75, 3.05) is 25.0 Å². The van der Waals surface area contributed by atoms with Crippen LogP contribution in [-0.2, 0) is 11.3 Å². The normalized spacial score (nSPS) is 25.4. The van der Waals surface area contributed by atoms with Gasteiger partial charge in [-0.05, 0) is 44.4 Å². The summed E-state index contributed by atoms with van der Waals surface area (Å²) in [4.78, 5) is 14.0. The number of carbonyl (C=O) groups excluding carboxylic acids is 1. The Morgan fingerprint density at radius 1 is 1.38 bits per heavy atom. The van der Waals surface area contributed by atoms with E-state index in [1.165, 1.54) is 16.8 Å². The third kappa shape index (κ3) is 3.05. The van der Waals surface area contributed by atoms with Gasteiger partial charge in [-0.25, -0.2) is 0 Å². The summed E-state index contributed by atoms with van der Waals surface area (Å²) in [5, 5.41) is 6.43. The first-order valence-electron chi connectivity index (χ1n) is 7.96. The van der Waals surface area contributed by atoms with Crippen LogP contribution in [0, 0.1) is 12.8 Å². The number of rotatable bonds is 3. The number of carbonyl (C=O) groups is 1. The second-order valence-electron chi connectivity index (χ2n) is 6.37. The Morgan fingerprint density at radius 3 is 3.05 bits per heavy atom. The van der Waals surface area contributed by atoms with E-state index >= 15 is 0 Å². The van der Waals surface area contributed by atoms with Crippen molar-refractivity contribution in [3.8, 4) is 0 Å². The van der Waals surface area contributed by atoms with Crippen molar-refractivity contribution in [2.24, 2.45) is 5.92 Å². The second kappa shape index (κ2) is 6.06. The number of fused-ring (bicyclic) bond motifs is 1. The van der Waals surface area contributed by atoms with Crippen LogP contribution in [0.1, 0.15) is 30.4 Å². The maximum Gasteiger partial charge on any atom is 0.220 e. The summed E-state index contributed by atoms with van der Waals surface area (Å²) in [6.07, 6.45) is 2.77. The van der Waals surface area contributed by atoms with Gasteiger partial charge in [0.05, 0.1) is 0 Å². The molecule has 2 saturated heterocycles. The van der Waals surface area contributed by atoms with E-state index in [1.807, 2.05) is 7.05 Å². The largest absolute Gasteiger partial charge is 0.371 e. The number of piperidine rings is 2. The average Bonchev–Trinajstić information content (AvgIpc) is 2.47. The molecule has 2 fully saturated rings. The van der Waals surface area contributed by atoms with Crippen LogP contribution in [0.3, 0.4) is 0 Å². The molecule has 2 atom stereocenters. The van der Waals surface area contributed by atoms with Crippen LogP contribution in [-0.4, -0.2) is 32.1 Å². The first-order chi connectivity index (χ1) is 10.2. The molecule has 3 rings (SSSR count). The van der Waals surface area contributed by atoms with Crippen LogP contribution in [0.25, 0.3) is 0 Å². The van der Waals surface area contributed by atoms with E-state index in [2.05, 4.69) is 40.7 Å². The van der Waals surface area contributed by atoms with E-state index in [4.69, 9.17) is 0 Å². The lowest BCUT2D eigenvalue weighted by Gasteiger charge is -2.43. The van der Waals surface area contributed by atoms with Crippen LogP contribution in [0.2, 0.25) is 0 Å². The Morgan fingerprint density at radius 2 is 2.24 bits per heavy atom. The number of amides is 1. The molecular weight excluding hydrogens is 262 g/mol. The number of benzene rings is 1. The highest BCUT2D eigenvalue weighted by Crippen LogP contribution is 2.31. The molecule has 2 unspecified atom stereocenters. The van der Waals surface area contributed by atoms with Gasteiger partial charge in [0.15, 0.2) is 0 Å². The molecule has 0 aromatic heterocycles. The standard InChI is InChI=1S/C17H25N3O/c1-12-3-5-16(14(9-12)10-18-2)20-8-7-15-13(11-20)4-6-17(21)19-15/h3,5,9,13,15,18H,4,6-8,10-11H2,1-2H3,(H,19,21). The number of hydrogen-bond acceptors (Lipinski definition) is 3. The molecule has 2 N–H and O–H groups in total. The van der Waals surface area contributed by atoms with Crippen molar-refractivity contribution in [3.05, 3.63) is 29.3 Å². The Labute approximate surface area is 126 Å².